The molecule has 1 amide bonds. The van der Waals surface area contributed by atoms with Gasteiger partial charge in [0.25, 0.3) is 0 Å². The first-order valence-electron chi connectivity index (χ1n) is 5.93. The number of benzene rings is 1. The van der Waals surface area contributed by atoms with Crippen LogP contribution in [0.1, 0.15) is 6.42 Å². The normalized spacial score (nSPS) is 22.5. The monoisotopic (exact) mass is 269 g/mol. The van der Waals surface area contributed by atoms with Crippen LogP contribution in [-0.2, 0) is 0 Å². The van der Waals surface area contributed by atoms with Gasteiger partial charge in [0.2, 0.25) is 0 Å². The number of carboxylic acid groups (broad SMARTS) is 1. The van der Waals surface area contributed by atoms with E-state index >= 15 is 0 Å². The highest BCUT2D eigenvalue weighted by Gasteiger charge is 2.33. The van der Waals surface area contributed by atoms with E-state index in [1.54, 1.807) is 4.90 Å². The molecule has 1 fully saturated rings. The molecule has 0 aliphatic carbocycles. The third-order valence-corrected chi connectivity index (χ3v) is 3.25. The van der Waals surface area contributed by atoms with Crippen molar-refractivity contribution in [2.45, 2.75) is 18.5 Å². The molecule has 2 atom stereocenters. The van der Waals surface area contributed by atoms with Crippen LogP contribution in [0.3, 0.4) is 0 Å². The number of anilines is 2. The van der Waals surface area contributed by atoms with Crippen LogP contribution in [0.25, 0.3) is 0 Å². The van der Waals surface area contributed by atoms with Gasteiger partial charge < -0.3 is 26.2 Å². The number of nitrogens with two attached hydrogens (primary N) is 1. The molecule has 0 saturated carbocycles. The maximum atomic E-state index is 13.0. The number of aliphatic hydroxyl groups excluding tert-OH is 1. The molecule has 0 unspecified atom stereocenters. The first-order valence-corrected chi connectivity index (χ1v) is 5.93. The van der Waals surface area contributed by atoms with E-state index in [-0.39, 0.29) is 24.4 Å². The van der Waals surface area contributed by atoms with Crippen LogP contribution in [-0.4, -0.2) is 41.5 Å². The van der Waals surface area contributed by atoms with E-state index in [1.807, 2.05) is 0 Å². The Labute approximate surface area is 109 Å². The third-order valence-electron chi connectivity index (χ3n) is 3.25. The van der Waals surface area contributed by atoms with Gasteiger partial charge >= 0.3 is 6.09 Å². The molecule has 1 saturated heterocycles. The van der Waals surface area contributed by atoms with E-state index in [0.29, 0.717) is 18.7 Å². The van der Waals surface area contributed by atoms with Crippen molar-refractivity contribution in [1.29, 1.82) is 0 Å². The number of rotatable bonds is 3. The summed E-state index contributed by atoms with van der Waals surface area (Å²) in [5.41, 5.74) is 6.64. The van der Waals surface area contributed by atoms with Crippen LogP contribution in [0.5, 0.6) is 0 Å². The molecule has 1 aliphatic rings. The highest BCUT2D eigenvalue weighted by Crippen LogP contribution is 2.30. The van der Waals surface area contributed by atoms with Gasteiger partial charge in [0.1, 0.15) is 5.82 Å². The lowest BCUT2D eigenvalue weighted by atomic mass is 10.2. The Morgan fingerprint density at radius 1 is 1.58 bits per heavy atom. The second-order valence-corrected chi connectivity index (χ2v) is 4.57. The SMILES string of the molecule is Nc1cc(F)ccc1N1C[C@@H](NC(=O)O)C[C@H]1CO. The Kier molecular flexibility index (Phi) is 3.75. The lowest BCUT2D eigenvalue weighted by Gasteiger charge is -2.26. The van der Waals surface area contributed by atoms with Crippen LogP contribution >= 0.6 is 0 Å². The fraction of sp³-hybridized carbons (Fsp3) is 0.417. The smallest absolute Gasteiger partial charge is 0.404 e. The topological polar surface area (TPSA) is 98.8 Å². The first-order chi connectivity index (χ1) is 9.01. The summed E-state index contributed by atoms with van der Waals surface area (Å²) in [5.74, 6) is -0.429. The minimum atomic E-state index is -1.10. The zero-order valence-electron chi connectivity index (χ0n) is 10.2. The summed E-state index contributed by atoms with van der Waals surface area (Å²) in [5, 5.41) is 20.5. The molecule has 0 radical (unpaired) electrons. The second kappa shape index (κ2) is 5.31. The molecule has 1 aliphatic heterocycles. The van der Waals surface area contributed by atoms with Gasteiger partial charge in [-0.15, -0.1) is 0 Å². The highest BCUT2D eigenvalue weighted by atomic mass is 19.1. The molecule has 1 heterocycles. The number of hydrogen-bond donors (Lipinski definition) is 4. The van der Waals surface area contributed by atoms with Crippen LogP contribution in [0.15, 0.2) is 18.2 Å². The maximum absolute atomic E-state index is 13.0. The van der Waals surface area contributed by atoms with Gasteiger partial charge in [-0.05, 0) is 24.6 Å². The largest absolute Gasteiger partial charge is 0.465 e. The number of carbonyl (C=O) groups is 1. The van der Waals surface area contributed by atoms with Crippen LogP contribution in [0.4, 0.5) is 20.6 Å². The fourth-order valence-corrected chi connectivity index (χ4v) is 2.45. The predicted molar refractivity (Wildman–Crippen MR) is 68.6 cm³/mol. The minimum absolute atomic E-state index is 0.116. The summed E-state index contributed by atoms with van der Waals surface area (Å²) in [6.07, 6.45) is -0.616. The molecule has 0 aromatic heterocycles. The molecule has 6 nitrogen and oxygen atoms in total. The quantitative estimate of drug-likeness (QED) is 0.603. The lowest BCUT2D eigenvalue weighted by molar-refractivity contribution is 0.190. The number of halogens is 1. The van der Waals surface area contributed by atoms with Crippen molar-refractivity contribution >= 4 is 17.5 Å². The van der Waals surface area contributed by atoms with Gasteiger partial charge in [-0.3, -0.25) is 0 Å². The van der Waals surface area contributed by atoms with E-state index in [9.17, 15) is 14.3 Å². The van der Waals surface area contributed by atoms with Crippen molar-refractivity contribution in [3.8, 4) is 0 Å². The molecule has 5 N–H and O–H groups in total. The molecule has 2 rings (SSSR count). The average Bonchev–Trinajstić information content (AvgIpc) is 2.71. The van der Waals surface area contributed by atoms with E-state index in [2.05, 4.69) is 5.32 Å². The zero-order valence-corrected chi connectivity index (χ0v) is 10.2. The van der Waals surface area contributed by atoms with E-state index in [4.69, 9.17) is 10.8 Å². The molecule has 1 aromatic rings. The Balaban J connectivity index is 2.20. The van der Waals surface area contributed by atoms with Crippen LogP contribution < -0.4 is 16.0 Å². The molecular weight excluding hydrogens is 253 g/mol. The van der Waals surface area contributed by atoms with Crippen molar-refractivity contribution in [3.63, 3.8) is 0 Å². The second-order valence-electron chi connectivity index (χ2n) is 4.57. The van der Waals surface area contributed by atoms with E-state index in [0.717, 1.165) is 0 Å². The van der Waals surface area contributed by atoms with Gasteiger partial charge in [0.05, 0.1) is 30.1 Å². The number of amides is 1. The highest BCUT2D eigenvalue weighted by molar-refractivity contribution is 5.69. The summed E-state index contributed by atoms with van der Waals surface area (Å²) in [7, 11) is 0. The number of nitrogen functional groups attached to an aromatic ring is 1. The summed E-state index contributed by atoms with van der Waals surface area (Å²) in [6, 6.07) is 3.53. The van der Waals surface area contributed by atoms with Gasteiger partial charge in [0.15, 0.2) is 0 Å². The number of nitrogens with one attached hydrogen (secondary N) is 1. The maximum Gasteiger partial charge on any atom is 0.404 e. The summed E-state index contributed by atoms with van der Waals surface area (Å²) < 4.78 is 13.0. The number of hydrogen-bond acceptors (Lipinski definition) is 4. The van der Waals surface area contributed by atoms with Gasteiger partial charge in [-0.25, -0.2) is 9.18 Å². The summed E-state index contributed by atoms with van der Waals surface area (Å²) in [4.78, 5) is 12.4. The zero-order chi connectivity index (χ0) is 14.0. The Morgan fingerprint density at radius 2 is 2.32 bits per heavy atom. The van der Waals surface area contributed by atoms with Gasteiger partial charge in [0, 0.05) is 6.54 Å². The van der Waals surface area contributed by atoms with Crippen molar-refractivity contribution < 1.29 is 19.4 Å². The molecule has 7 heteroatoms. The minimum Gasteiger partial charge on any atom is -0.465 e. The van der Waals surface area contributed by atoms with Crippen molar-refractivity contribution in [1.82, 2.24) is 5.32 Å². The van der Waals surface area contributed by atoms with Crippen LogP contribution in [0, 0.1) is 5.82 Å². The molecule has 0 bridgehead atoms. The Hall–Kier alpha value is -2.02. The van der Waals surface area contributed by atoms with Gasteiger partial charge in [-0.1, -0.05) is 0 Å². The van der Waals surface area contributed by atoms with E-state index < -0.39 is 11.9 Å². The Morgan fingerprint density at radius 3 is 2.89 bits per heavy atom. The average molecular weight is 269 g/mol. The first kappa shape index (κ1) is 13.4. The molecule has 1 aromatic carbocycles. The fourth-order valence-electron chi connectivity index (χ4n) is 2.45. The molecule has 104 valence electrons. The lowest BCUT2D eigenvalue weighted by Crippen LogP contribution is -2.36. The number of nitrogens with zero attached hydrogens (tertiary/aromatic N) is 1. The predicted octanol–water partition coefficient (Wildman–Crippen LogP) is 0.615. The van der Waals surface area contributed by atoms with E-state index in [1.165, 1.54) is 18.2 Å². The molecule has 19 heavy (non-hydrogen) atoms. The summed E-state index contributed by atoms with van der Waals surface area (Å²) in [6.45, 7) is 0.280. The van der Waals surface area contributed by atoms with Crippen molar-refractivity contribution in [2.75, 3.05) is 23.8 Å². The summed E-state index contributed by atoms with van der Waals surface area (Å²) >= 11 is 0. The standard InChI is InChI=1S/C12H16FN3O3/c13-7-1-2-11(10(14)3-7)16-5-8(15-12(18)19)4-9(16)6-17/h1-3,8-9,15,17H,4-6,14H2,(H,18,19)/t8-,9-/m0/s1. The van der Waals surface area contributed by atoms with Gasteiger partial charge in [-0.2, -0.15) is 0 Å². The third kappa shape index (κ3) is 2.87. The molecule has 0 spiro atoms. The van der Waals surface area contributed by atoms with Crippen LogP contribution in [0.2, 0.25) is 0 Å². The number of aliphatic hydroxyl groups is 1. The van der Waals surface area contributed by atoms with Crippen molar-refractivity contribution in [3.05, 3.63) is 24.0 Å². The van der Waals surface area contributed by atoms with Crippen molar-refractivity contribution in [2.24, 2.45) is 0 Å². The molecular formula is C12H16FN3O3. The Bertz CT molecular complexity index is 483.